The highest BCUT2D eigenvalue weighted by Crippen LogP contribution is 2.31. The predicted octanol–water partition coefficient (Wildman–Crippen LogP) is 5.73. The third kappa shape index (κ3) is 5.47. The van der Waals surface area contributed by atoms with E-state index in [-0.39, 0.29) is 11.8 Å². The number of nitrogens with one attached hydrogen (secondary N) is 2. The van der Waals surface area contributed by atoms with Crippen LogP contribution in [0.4, 0.5) is 11.5 Å². The Morgan fingerprint density at radius 1 is 1.11 bits per heavy atom. The van der Waals surface area contributed by atoms with E-state index < -0.39 is 0 Å². The molecule has 3 heterocycles. The van der Waals surface area contributed by atoms with Crippen LogP contribution in [0.3, 0.4) is 0 Å². The number of nitrogens with zero attached hydrogens (tertiary/aromatic N) is 4. The van der Waals surface area contributed by atoms with Crippen molar-refractivity contribution in [1.29, 1.82) is 0 Å². The van der Waals surface area contributed by atoms with E-state index >= 15 is 0 Å². The second-order valence-electron chi connectivity index (χ2n) is 9.08. The van der Waals surface area contributed by atoms with E-state index in [2.05, 4.69) is 31.7 Å². The van der Waals surface area contributed by atoms with Crippen LogP contribution in [0.2, 0.25) is 5.02 Å². The average molecular weight is 582 g/mol. The summed E-state index contributed by atoms with van der Waals surface area (Å²) < 4.78 is 2.58. The van der Waals surface area contributed by atoms with Gasteiger partial charge in [0.1, 0.15) is 5.82 Å². The molecule has 1 saturated heterocycles. The Morgan fingerprint density at radius 2 is 1.84 bits per heavy atom. The maximum absolute atomic E-state index is 13.2. The van der Waals surface area contributed by atoms with Crippen molar-refractivity contribution in [2.75, 3.05) is 30.3 Å². The van der Waals surface area contributed by atoms with Crippen molar-refractivity contribution in [3.8, 4) is 11.3 Å². The lowest BCUT2D eigenvalue weighted by molar-refractivity contribution is -0.114. The number of carbonyl (C=O) groups is 2. The number of amides is 2. The van der Waals surface area contributed by atoms with Crippen molar-refractivity contribution in [3.05, 3.63) is 75.9 Å². The molecule has 1 aliphatic rings. The number of benzene rings is 2. The summed E-state index contributed by atoms with van der Waals surface area (Å²) in [6.07, 6.45) is 3.47. The highest BCUT2D eigenvalue weighted by Gasteiger charge is 2.25. The van der Waals surface area contributed by atoms with Gasteiger partial charge < -0.3 is 15.5 Å². The second-order valence-corrected chi connectivity index (χ2v) is 10.3. The van der Waals surface area contributed by atoms with Crippen LogP contribution in [-0.4, -0.2) is 50.9 Å². The minimum Gasteiger partial charge on any atom is -0.370 e. The SMILES string of the molecule is CC(=O)Nc1ccccc1C(=O)N1CCC(CNc2cc(-c3ccccc3Cl)nc3c(Br)cnn23)CC1. The summed E-state index contributed by atoms with van der Waals surface area (Å²) in [5, 5.41) is 11.4. The fourth-order valence-corrected chi connectivity index (χ4v) is 5.18. The molecule has 0 spiro atoms. The number of aromatic nitrogens is 3. The van der Waals surface area contributed by atoms with Gasteiger partial charge in [-0.2, -0.15) is 9.61 Å². The molecule has 0 aliphatic carbocycles. The van der Waals surface area contributed by atoms with E-state index in [9.17, 15) is 9.59 Å². The molecule has 0 atom stereocenters. The van der Waals surface area contributed by atoms with E-state index in [1.807, 2.05) is 47.4 Å². The van der Waals surface area contributed by atoms with Crippen LogP contribution in [0.1, 0.15) is 30.1 Å². The molecule has 2 N–H and O–H groups in total. The molecule has 5 rings (SSSR count). The molecule has 10 heteroatoms. The van der Waals surface area contributed by atoms with Crippen molar-refractivity contribution in [3.63, 3.8) is 0 Å². The Hall–Kier alpha value is -3.43. The number of anilines is 2. The van der Waals surface area contributed by atoms with Gasteiger partial charge in [-0.1, -0.05) is 41.9 Å². The van der Waals surface area contributed by atoms with Crippen molar-refractivity contribution < 1.29 is 9.59 Å². The van der Waals surface area contributed by atoms with E-state index in [4.69, 9.17) is 16.6 Å². The van der Waals surface area contributed by atoms with E-state index in [1.165, 1.54) is 6.92 Å². The van der Waals surface area contributed by atoms with E-state index in [0.717, 1.165) is 40.9 Å². The van der Waals surface area contributed by atoms with Crippen LogP contribution in [0.5, 0.6) is 0 Å². The van der Waals surface area contributed by atoms with E-state index in [1.54, 1.807) is 22.8 Å². The van der Waals surface area contributed by atoms with Gasteiger partial charge in [0.2, 0.25) is 5.91 Å². The van der Waals surface area contributed by atoms with Gasteiger partial charge in [-0.25, -0.2) is 4.98 Å². The van der Waals surface area contributed by atoms with Gasteiger partial charge in [0.05, 0.1) is 27.6 Å². The number of para-hydroxylation sites is 1. The summed E-state index contributed by atoms with van der Waals surface area (Å²) in [4.78, 5) is 31.3. The number of halogens is 2. The van der Waals surface area contributed by atoms with Crippen molar-refractivity contribution in [1.82, 2.24) is 19.5 Å². The van der Waals surface area contributed by atoms with Crippen molar-refractivity contribution >= 4 is 56.5 Å². The normalized spacial score (nSPS) is 14.1. The number of hydrogen-bond acceptors (Lipinski definition) is 5. The van der Waals surface area contributed by atoms with Gasteiger partial charge in [0.15, 0.2) is 5.65 Å². The maximum Gasteiger partial charge on any atom is 0.255 e. The molecule has 8 nitrogen and oxygen atoms in total. The molecule has 2 aromatic heterocycles. The van der Waals surface area contributed by atoms with Crippen molar-refractivity contribution in [2.45, 2.75) is 19.8 Å². The lowest BCUT2D eigenvalue weighted by atomic mass is 9.96. The fraction of sp³-hybridized carbons (Fsp3) is 0.259. The van der Waals surface area contributed by atoms with Crippen LogP contribution >= 0.6 is 27.5 Å². The number of fused-ring (bicyclic) bond motifs is 1. The van der Waals surface area contributed by atoms with Gasteiger partial charge in [-0.15, -0.1) is 0 Å². The molecule has 0 saturated carbocycles. The zero-order valence-electron chi connectivity index (χ0n) is 20.2. The molecule has 37 heavy (non-hydrogen) atoms. The summed E-state index contributed by atoms with van der Waals surface area (Å²) in [6, 6.07) is 16.7. The third-order valence-corrected chi connectivity index (χ3v) is 7.41. The topological polar surface area (TPSA) is 91.6 Å². The molecule has 1 fully saturated rings. The van der Waals surface area contributed by atoms with Gasteiger partial charge in [0, 0.05) is 43.2 Å². The molecule has 190 valence electrons. The summed E-state index contributed by atoms with van der Waals surface area (Å²) in [7, 11) is 0. The molecule has 0 unspecified atom stereocenters. The second kappa shape index (κ2) is 10.9. The van der Waals surface area contributed by atoms with Gasteiger partial charge in [0.25, 0.3) is 5.91 Å². The van der Waals surface area contributed by atoms with Crippen LogP contribution in [-0.2, 0) is 4.79 Å². The minimum absolute atomic E-state index is 0.0580. The third-order valence-electron chi connectivity index (χ3n) is 6.52. The summed E-state index contributed by atoms with van der Waals surface area (Å²) in [5.74, 6) is 0.962. The largest absolute Gasteiger partial charge is 0.370 e. The number of likely N-dealkylation sites (tertiary alicyclic amines) is 1. The van der Waals surface area contributed by atoms with Crippen molar-refractivity contribution in [2.24, 2.45) is 5.92 Å². The first-order chi connectivity index (χ1) is 17.9. The highest BCUT2D eigenvalue weighted by molar-refractivity contribution is 9.10. The standard InChI is InChI=1S/C27H26BrClN6O2/c1-17(36)32-23-9-5-3-7-20(23)27(37)34-12-10-18(11-13-34)15-30-25-14-24(19-6-2-4-8-22(19)29)33-26-21(28)16-31-35(25)26/h2-9,14,16,18,30H,10-13,15H2,1H3,(H,32,36). The molecule has 0 bridgehead atoms. The van der Waals surface area contributed by atoms with Crippen LogP contribution < -0.4 is 10.6 Å². The van der Waals surface area contributed by atoms with Gasteiger partial charge in [-0.05, 0) is 52.9 Å². The molecule has 0 radical (unpaired) electrons. The Bertz CT molecular complexity index is 1460. The monoisotopic (exact) mass is 580 g/mol. The van der Waals surface area contributed by atoms with Crippen LogP contribution in [0.15, 0.2) is 65.3 Å². The summed E-state index contributed by atoms with van der Waals surface area (Å²) >= 11 is 9.99. The Labute approximate surface area is 228 Å². The minimum atomic E-state index is -0.197. The smallest absolute Gasteiger partial charge is 0.255 e. The number of piperidine rings is 1. The summed E-state index contributed by atoms with van der Waals surface area (Å²) in [5.41, 5.74) is 3.39. The lowest BCUT2D eigenvalue weighted by Gasteiger charge is -2.32. The highest BCUT2D eigenvalue weighted by atomic mass is 79.9. The molecular weight excluding hydrogens is 556 g/mol. The first-order valence-corrected chi connectivity index (χ1v) is 13.3. The maximum atomic E-state index is 13.2. The quantitative estimate of drug-likeness (QED) is 0.303. The average Bonchev–Trinajstić information content (AvgIpc) is 3.28. The van der Waals surface area contributed by atoms with E-state index in [0.29, 0.717) is 40.9 Å². The number of carbonyl (C=O) groups excluding carboxylic acids is 2. The zero-order chi connectivity index (χ0) is 25.9. The predicted molar refractivity (Wildman–Crippen MR) is 149 cm³/mol. The fourth-order valence-electron chi connectivity index (χ4n) is 4.60. The van der Waals surface area contributed by atoms with Gasteiger partial charge >= 0.3 is 0 Å². The molecular formula is C27H26BrClN6O2. The summed E-state index contributed by atoms with van der Waals surface area (Å²) in [6.45, 7) is 3.49. The number of rotatable bonds is 6. The molecule has 2 amide bonds. The first-order valence-electron chi connectivity index (χ1n) is 12.1. The Morgan fingerprint density at radius 3 is 2.59 bits per heavy atom. The van der Waals surface area contributed by atoms with Gasteiger partial charge in [-0.3, -0.25) is 9.59 Å². The zero-order valence-corrected chi connectivity index (χ0v) is 22.6. The Kier molecular flexibility index (Phi) is 7.43. The van der Waals surface area contributed by atoms with Crippen LogP contribution in [0, 0.1) is 5.92 Å². The van der Waals surface area contributed by atoms with Crippen LogP contribution in [0.25, 0.3) is 16.9 Å². The molecule has 4 aromatic rings. The Balaban J connectivity index is 1.27. The first kappa shape index (κ1) is 25.2. The number of hydrogen-bond donors (Lipinski definition) is 2. The lowest BCUT2D eigenvalue weighted by Crippen LogP contribution is -2.40. The molecule has 2 aromatic carbocycles. The molecule has 1 aliphatic heterocycles.